The SMILES string of the molecule is O=C(CN1CC(=O)Oc2ccc(Cl)cc21)NCCc1nc2ccccc2[nH]1. The Balaban J connectivity index is 1.35. The van der Waals surface area contributed by atoms with Crippen molar-refractivity contribution >= 4 is 40.2 Å². The molecule has 2 heterocycles. The Labute approximate surface area is 160 Å². The van der Waals surface area contributed by atoms with Crippen LogP contribution in [0, 0.1) is 0 Å². The molecule has 2 N–H and O–H groups in total. The number of nitrogens with zero attached hydrogens (tertiary/aromatic N) is 2. The fourth-order valence-electron chi connectivity index (χ4n) is 3.03. The molecule has 0 aliphatic carbocycles. The Hall–Kier alpha value is -3.06. The Kier molecular flexibility index (Phi) is 4.68. The predicted octanol–water partition coefficient (Wildman–Crippen LogP) is 2.30. The molecule has 27 heavy (non-hydrogen) atoms. The van der Waals surface area contributed by atoms with Crippen LogP contribution in [0.3, 0.4) is 0 Å². The third-order valence-electron chi connectivity index (χ3n) is 4.26. The van der Waals surface area contributed by atoms with Crippen LogP contribution in [0.1, 0.15) is 5.82 Å². The van der Waals surface area contributed by atoms with Gasteiger partial charge in [-0.15, -0.1) is 0 Å². The van der Waals surface area contributed by atoms with Gasteiger partial charge in [0.25, 0.3) is 0 Å². The van der Waals surface area contributed by atoms with E-state index in [9.17, 15) is 9.59 Å². The average Bonchev–Trinajstić information content (AvgIpc) is 3.05. The number of aromatic nitrogens is 2. The number of nitrogens with one attached hydrogen (secondary N) is 2. The fraction of sp³-hybridized carbons (Fsp3) is 0.211. The summed E-state index contributed by atoms with van der Waals surface area (Å²) in [5.74, 6) is 0.632. The molecule has 0 spiro atoms. The van der Waals surface area contributed by atoms with Gasteiger partial charge in [0.2, 0.25) is 5.91 Å². The van der Waals surface area contributed by atoms with Crippen LogP contribution in [0.15, 0.2) is 42.5 Å². The molecule has 2 aromatic carbocycles. The molecule has 4 rings (SSSR count). The second kappa shape index (κ2) is 7.28. The first-order valence-corrected chi connectivity index (χ1v) is 8.92. The summed E-state index contributed by atoms with van der Waals surface area (Å²) in [6.07, 6.45) is 0.588. The standard InChI is InChI=1S/C19H17ClN4O3/c20-12-5-6-16-15(9-12)24(11-19(26)27-16)10-18(25)21-8-7-17-22-13-3-1-2-4-14(13)23-17/h1-6,9H,7-8,10-11H2,(H,21,25)(H,22,23). The minimum Gasteiger partial charge on any atom is -0.423 e. The first-order chi connectivity index (χ1) is 13.1. The molecule has 0 fully saturated rings. The van der Waals surface area contributed by atoms with Crippen LogP contribution < -0.4 is 15.0 Å². The lowest BCUT2D eigenvalue weighted by atomic mass is 10.2. The van der Waals surface area contributed by atoms with Gasteiger partial charge in [0.05, 0.1) is 23.3 Å². The van der Waals surface area contributed by atoms with Crippen molar-refractivity contribution in [2.24, 2.45) is 0 Å². The van der Waals surface area contributed by atoms with Crippen LogP contribution in [0.2, 0.25) is 5.02 Å². The van der Waals surface area contributed by atoms with Gasteiger partial charge in [-0.25, -0.2) is 9.78 Å². The second-order valence-corrected chi connectivity index (χ2v) is 6.68. The molecule has 1 aliphatic heterocycles. The number of fused-ring (bicyclic) bond motifs is 2. The van der Waals surface area contributed by atoms with Crippen LogP contribution in [0.4, 0.5) is 5.69 Å². The smallest absolute Gasteiger partial charge is 0.331 e. The highest BCUT2D eigenvalue weighted by molar-refractivity contribution is 6.31. The van der Waals surface area contributed by atoms with Crippen molar-refractivity contribution in [3.8, 4) is 5.75 Å². The largest absolute Gasteiger partial charge is 0.423 e. The van der Waals surface area contributed by atoms with Gasteiger partial charge in [0.1, 0.15) is 12.4 Å². The first kappa shape index (κ1) is 17.4. The van der Waals surface area contributed by atoms with Gasteiger partial charge in [-0.1, -0.05) is 23.7 Å². The maximum atomic E-state index is 12.3. The monoisotopic (exact) mass is 384 g/mol. The zero-order valence-corrected chi connectivity index (χ0v) is 15.1. The van der Waals surface area contributed by atoms with Gasteiger partial charge in [-0.2, -0.15) is 0 Å². The zero-order chi connectivity index (χ0) is 18.8. The first-order valence-electron chi connectivity index (χ1n) is 8.54. The van der Waals surface area contributed by atoms with Crippen LogP contribution in [0.25, 0.3) is 11.0 Å². The number of para-hydroxylation sites is 2. The highest BCUT2D eigenvalue weighted by Gasteiger charge is 2.25. The lowest BCUT2D eigenvalue weighted by Gasteiger charge is -2.29. The molecule has 0 saturated heterocycles. The van der Waals surface area contributed by atoms with Crippen molar-refractivity contribution in [3.05, 3.63) is 53.3 Å². The summed E-state index contributed by atoms with van der Waals surface area (Å²) in [6, 6.07) is 12.7. The summed E-state index contributed by atoms with van der Waals surface area (Å²) in [7, 11) is 0. The molecule has 0 saturated carbocycles. The number of benzene rings is 2. The van der Waals surface area contributed by atoms with E-state index in [2.05, 4.69) is 15.3 Å². The Morgan fingerprint density at radius 3 is 3.00 bits per heavy atom. The molecular weight excluding hydrogens is 368 g/mol. The number of imidazole rings is 1. The molecule has 7 nitrogen and oxygen atoms in total. The van der Waals surface area contributed by atoms with Crippen molar-refractivity contribution in [2.45, 2.75) is 6.42 Å². The lowest BCUT2D eigenvalue weighted by molar-refractivity contribution is -0.133. The number of esters is 1. The summed E-state index contributed by atoms with van der Waals surface area (Å²) in [6.45, 7) is 0.492. The number of anilines is 1. The fourth-order valence-corrected chi connectivity index (χ4v) is 3.20. The molecule has 1 amide bonds. The van der Waals surface area contributed by atoms with Gasteiger partial charge < -0.3 is 19.9 Å². The summed E-state index contributed by atoms with van der Waals surface area (Å²) in [4.78, 5) is 33.4. The lowest BCUT2D eigenvalue weighted by Crippen LogP contribution is -2.43. The predicted molar refractivity (Wildman–Crippen MR) is 102 cm³/mol. The van der Waals surface area contributed by atoms with Crippen LogP contribution in [-0.4, -0.2) is 41.5 Å². The number of aromatic amines is 1. The molecule has 8 heteroatoms. The van der Waals surface area contributed by atoms with E-state index >= 15 is 0 Å². The summed E-state index contributed by atoms with van der Waals surface area (Å²) >= 11 is 6.02. The van der Waals surface area contributed by atoms with Gasteiger partial charge in [0, 0.05) is 18.0 Å². The minimum atomic E-state index is -0.403. The third-order valence-corrected chi connectivity index (χ3v) is 4.50. The zero-order valence-electron chi connectivity index (χ0n) is 14.4. The Bertz CT molecular complexity index is 984. The van der Waals surface area contributed by atoms with Crippen molar-refractivity contribution in [3.63, 3.8) is 0 Å². The second-order valence-electron chi connectivity index (χ2n) is 6.24. The summed E-state index contributed by atoms with van der Waals surface area (Å²) < 4.78 is 5.18. The van der Waals surface area contributed by atoms with E-state index in [4.69, 9.17) is 16.3 Å². The quantitative estimate of drug-likeness (QED) is 0.520. The van der Waals surface area contributed by atoms with E-state index < -0.39 is 5.97 Å². The van der Waals surface area contributed by atoms with Crippen molar-refractivity contribution < 1.29 is 14.3 Å². The maximum Gasteiger partial charge on any atom is 0.331 e. The Morgan fingerprint density at radius 1 is 1.30 bits per heavy atom. The number of hydrogen-bond acceptors (Lipinski definition) is 5. The van der Waals surface area contributed by atoms with E-state index in [-0.39, 0.29) is 19.0 Å². The molecule has 0 bridgehead atoms. The summed E-state index contributed by atoms with van der Waals surface area (Å²) in [5, 5.41) is 3.37. The number of hydrogen-bond donors (Lipinski definition) is 2. The molecule has 138 valence electrons. The number of rotatable bonds is 5. The van der Waals surface area contributed by atoms with Crippen molar-refractivity contribution in [1.29, 1.82) is 0 Å². The van der Waals surface area contributed by atoms with Crippen LogP contribution in [-0.2, 0) is 16.0 Å². The maximum absolute atomic E-state index is 12.3. The van der Waals surface area contributed by atoms with E-state index in [1.54, 1.807) is 23.1 Å². The Morgan fingerprint density at radius 2 is 2.15 bits per heavy atom. The van der Waals surface area contributed by atoms with Gasteiger partial charge in [-0.3, -0.25) is 4.79 Å². The molecule has 3 aromatic rings. The highest BCUT2D eigenvalue weighted by atomic mass is 35.5. The third kappa shape index (κ3) is 3.88. The highest BCUT2D eigenvalue weighted by Crippen LogP contribution is 2.34. The van der Waals surface area contributed by atoms with E-state index in [1.165, 1.54) is 0 Å². The molecule has 0 unspecified atom stereocenters. The average molecular weight is 385 g/mol. The number of halogens is 1. The topological polar surface area (TPSA) is 87.3 Å². The molecule has 0 atom stereocenters. The number of H-pyrrole nitrogens is 1. The van der Waals surface area contributed by atoms with Gasteiger partial charge in [-0.05, 0) is 30.3 Å². The van der Waals surface area contributed by atoms with Crippen molar-refractivity contribution in [1.82, 2.24) is 15.3 Å². The minimum absolute atomic E-state index is 0.00430. The molecule has 1 aliphatic rings. The van der Waals surface area contributed by atoms with Crippen molar-refractivity contribution in [2.75, 3.05) is 24.5 Å². The molecule has 1 aromatic heterocycles. The van der Waals surface area contributed by atoms with E-state index in [0.29, 0.717) is 29.4 Å². The van der Waals surface area contributed by atoms with Crippen LogP contribution >= 0.6 is 11.6 Å². The number of carbonyl (C=O) groups excluding carboxylic acids is 2. The molecule has 0 radical (unpaired) electrons. The number of amides is 1. The van der Waals surface area contributed by atoms with Gasteiger partial charge >= 0.3 is 5.97 Å². The van der Waals surface area contributed by atoms with Crippen LogP contribution in [0.5, 0.6) is 5.75 Å². The van der Waals surface area contributed by atoms with E-state index in [1.807, 2.05) is 24.3 Å². The normalized spacial score (nSPS) is 13.4. The van der Waals surface area contributed by atoms with E-state index in [0.717, 1.165) is 16.9 Å². The number of ether oxygens (including phenoxy) is 1. The van der Waals surface area contributed by atoms with Gasteiger partial charge in [0.15, 0.2) is 5.75 Å². The number of carbonyl (C=O) groups is 2. The molecular formula is C19H17ClN4O3. The summed E-state index contributed by atoms with van der Waals surface area (Å²) in [5.41, 5.74) is 2.51.